The van der Waals surface area contributed by atoms with Gasteiger partial charge in [0.25, 0.3) is 0 Å². The van der Waals surface area contributed by atoms with E-state index in [-0.39, 0.29) is 37.8 Å². The molecule has 0 unspecified atom stereocenters. The van der Waals surface area contributed by atoms with E-state index in [4.69, 9.17) is 0 Å². The third-order valence-corrected chi connectivity index (χ3v) is 10.1. The average molecular weight is 815 g/mol. The van der Waals surface area contributed by atoms with Crippen molar-refractivity contribution in [3.8, 4) is 0 Å². The Morgan fingerprint density at radius 3 is 2.03 bits per heavy atom. The summed E-state index contributed by atoms with van der Waals surface area (Å²) in [5.41, 5.74) is 1.72. The van der Waals surface area contributed by atoms with Crippen LogP contribution in [0.5, 0.6) is 0 Å². The lowest BCUT2D eigenvalue weighted by Gasteiger charge is -2.37. The Morgan fingerprint density at radius 1 is 0.828 bits per heavy atom. The maximum absolute atomic E-state index is 14.3. The third-order valence-electron chi connectivity index (χ3n) is 10.1. The van der Waals surface area contributed by atoms with Crippen molar-refractivity contribution in [3.05, 3.63) is 35.4 Å². The van der Waals surface area contributed by atoms with Gasteiger partial charge in [-0.15, -0.1) is 0 Å². The summed E-state index contributed by atoms with van der Waals surface area (Å²) in [6, 6.07) is -1.47. The van der Waals surface area contributed by atoms with Gasteiger partial charge >= 0.3 is 5.97 Å². The van der Waals surface area contributed by atoms with Crippen LogP contribution in [0.25, 0.3) is 0 Å². The summed E-state index contributed by atoms with van der Waals surface area (Å²) in [7, 11) is 1.39. The molecule has 0 aliphatic carbocycles. The van der Waals surface area contributed by atoms with Crippen LogP contribution in [0.4, 0.5) is 0 Å². The summed E-state index contributed by atoms with van der Waals surface area (Å²) < 4.78 is 0. The molecule has 18 heteroatoms. The Kier molecular flexibility index (Phi) is 17.6. The molecule has 1 aromatic rings. The fraction of sp³-hybridized carbons (Fsp3) is 0.650. The number of carboxylic acid groups (broad SMARTS) is 1. The fourth-order valence-electron chi connectivity index (χ4n) is 7.12. The summed E-state index contributed by atoms with van der Waals surface area (Å²) in [5, 5.41) is 36.1. The largest absolute Gasteiger partial charge is 0.481 e. The molecule has 58 heavy (non-hydrogen) atoms. The van der Waals surface area contributed by atoms with E-state index in [0.29, 0.717) is 12.8 Å². The fourth-order valence-corrected chi connectivity index (χ4v) is 7.12. The molecule has 3 rings (SSSR count). The number of aliphatic hydroxyl groups excluding tert-OH is 1. The molecule has 0 spiro atoms. The first-order valence-electron chi connectivity index (χ1n) is 19.9. The molecule has 18 nitrogen and oxygen atoms in total. The number of fused-ring (bicyclic) bond motifs is 1. The van der Waals surface area contributed by atoms with Crippen LogP contribution in [0.15, 0.2) is 24.3 Å². The highest BCUT2D eigenvalue weighted by Crippen LogP contribution is 2.24. The number of hydrogen-bond acceptors (Lipinski definition) is 10. The van der Waals surface area contributed by atoms with E-state index in [2.05, 4.69) is 31.9 Å². The second kappa shape index (κ2) is 21.6. The predicted octanol–water partition coefficient (Wildman–Crippen LogP) is -1.04. The van der Waals surface area contributed by atoms with Crippen molar-refractivity contribution in [2.45, 2.75) is 129 Å². The highest BCUT2D eigenvalue weighted by Gasteiger charge is 2.44. The predicted molar refractivity (Wildman–Crippen MR) is 213 cm³/mol. The number of aliphatic hydroxyl groups is 1. The summed E-state index contributed by atoms with van der Waals surface area (Å²) in [6.07, 6.45) is -1.46. The number of amides is 7. The highest BCUT2D eigenvalue weighted by molar-refractivity contribution is 5.97. The number of nitrogens with zero attached hydrogens (tertiary/aromatic N) is 2. The summed E-state index contributed by atoms with van der Waals surface area (Å²) in [5.74, 6) is -6.84. The summed E-state index contributed by atoms with van der Waals surface area (Å²) in [4.78, 5) is 111. The monoisotopic (exact) mass is 814 g/mol. The second-order valence-corrected chi connectivity index (χ2v) is 16.4. The zero-order valence-electron chi connectivity index (χ0n) is 34.8. The Morgan fingerprint density at radius 2 is 1.45 bits per heavy atom. The topological polar surface area (TPSA) is 256 Å². The first-order chi connectivity index (χ1) is 27.2. The van der Waals surface area contributed by atoms with Crippen LogP contribution in [0.1, 0.15) is 78.4 Å². The first kappa shape index (κ1) is 47.3. The van der Waals surface area contributed by atoms with Crippen LogP contribution in [-0.4, -0.2) is 142 Å². The van der Waals surface area contributed by atoms with Crippen molar-refractivity contribution >= 4 is 47.3 Å². The number of nitrogens with one attached hydrogen (secondary N) is 6. The number of rotatable bonds is 10. The maximum atomic E-state index is 14.3. The van der Waals surface area contributed by atoms with Crippen LogP contribution in [0.2, 0.25) is 0 Å². The number of carbonyl (C=O) groups excluding carboxylic acids is 7. The minimum Gasteiger partial charge on any atom is -0.481 e. The van der Waals surface area contributed by atoms with Gasteiger partial charge in [0.2, 0.25) is 41.4 Å². The Labute approximate surface area is 340 Å². The molecule has 2 heterocycles. The van der Waals surface area contributed by atoms with E-state index < -0.39 is 109 Å². The van der Waals surface area contributed by atoms with Gasteiger partial charge in [-0.2, -0.15) is 0 Å². The van der Waals surface area contributed by atoms with Crippen molar-refractivity contribution in [2.75, 3.05) is 26.7 Å². The lowest BCUT2D eigenvalue weighted by molar-refractivity contribution is -0.142. The highest BCUT2D eigenvalue weighted by atomic mass is 16.4. The number of aliphatic carboxylic acids is 1. The van der Waals surface area contributed by atoms with Crippen LogP contribution >= 0.6 is 0 Å². The first-order valence-corrected chi connectivity index (χ1v) is 19.9. The molecule has 0 radical (unpaired) electrons. The zero-order chi connectivity index (χ0) is 43.4. The molecule has 322 valence electrons. The molecular formula is C40H62N8O10. The lowest BCUT2D eigenvalue weighted by Crippen LogP contribution is -2.64. The average Bonchev–Trinajstić information content (AvgIpc) is 3.61. The minimum atomic E-state index is -1.74. The van der Waals surface area contributed by atoms with Crippen molar-refractivity contribution < 1.29 is 48.6 Å². The minimum absolute atomic E-state index is 0.0607. The molecule has 8 N–H and O–H groups in total. The standard InChI is InChI=1S/C40H62N8O10/c1-21(2)16-27-35(53)44-28(18-32(51)52)36(54)46-33(25(7)49)38(56)42-24(6)34(39(57)41-19-22(3)4)48-15-9-10-30(48)37(55)45-29(17-26-13-11-23(5)12-14-26)40(58)47(8)20-31(50)43-27/h11-14,21-22,24-25,27-30,33-34,49H,9-10,15-20H2,1-8H3,(H,41,57)(H,42,56)(H,43,50)(H,44,53)(H,45,55)(H,46,54)(H,51,52)/t24-,25+,27-,28-,29-,30-,33-,34+/m0/s1. The quantitative estimate of drug-likeness (QED) is 0.142. The molecular weight excluding hydrogens is 752 g/mol. The zero-order valence-corrected chi connectivity index (χ0v) is 34.8. The van der Waals surface area contributed by atoms with Gasteiger partial charge in [0, 0.05) is 20.0 Å². The van der Waals surface area contributed by atoms with Crippen molar-refractivity contribution in [3.63, 3.8) is 0 Å². The number of benzene rings is 1. The van der Waals surface area contributed by atoms with E-state index in [1.807, 2.05) is 45.0 Å². The van der Waals surface area contributed by atoms with Gasteiger partial charge in [-0.1, -0.05) is 57.5 Å². The molecule has 2 aliphatic heterocycles. The number of carboxylic acids is 1. The van der Waals surface area contributed by atoms with Gasteiger partial charge in [0.1, 0.15) is 30.2 Å². The van der Waals surface area contributed by atoms with Crippen molar-refractivity contribution in [2.24, 2.45) is 11.8 Å². The summed E-state index contributed by atoms with van der Waals surface area (Å²) in [6.45, 7) is 12.1. The molecule has 0 saturated carbocycles. The normalized spacial score (nSPS) is 26.7. The van der Waals surface area contributed by atoms with Crippen LogP contribution in [0.3, 0.4) is 0 Å². The van der Waals surface area contributed by atoms with Gasteiger partial charge in [0.05, 0.1) is 31.2 Å². The van der Waals surface area contributed by atoms with Crippen LogP contribution in [-0.2, 0) is 44.8 Å². The van der Waals surface area contributed by atoms with Gasteiger partial charge in [-0.3, -0.25) is 43.3 Å². The molecule has 0 aromatic heterocycles. The molecule has 2 aliphatic rings. The van der Waals surface area contributed by atoms with E-state index in [1.54, 1.807) is 25.7 Å². The SMILES string of the molecule is Cc1ccc(C[C@@H]2NC(=O)[C@@H]3CCCN3[C@@H](C(=O)NCC(C)C)[C@H](C)NC(=O)[C@H]([C@@H](C)O)NC(=O)[C@H](CC(=O)O)NC(=O)[C@H](CC(C)C)NC(=O)CN(C)C2=O)cc1. The number of aryl methyl sites for hydroxylation is 1. The Hall–Kier alpha value is -5.10. The van der Waals surface area contributed by atoms with E-state index in [1.165, 1.54) is 14.0 Å². The maximum Gasteiger partial charge on any atom is 0.305 e. The molecule has 7 amide bonds. The van der Waals surface area contributed by atoms with Gasteiger partial charge in [-0.05, 0) is 64.0 Å². The van der Waals surface area contributed by atoms with Gasteiger partial charge in [0.15, 0.2) is 0 Å². The van der Waals surface area contributed by atoms with Gasteiger partial charge < -0.3 is 47.0 Å². The third kappa shape index (κ3) is 13.8. The molecule has 0 bridgehead atoms. The van der Waals surface area contributed by atoms with E-state index >= 15 is 0 Å². The summed E-state index contributed by atoms with van der Waals surface area (Å²) >= 11 is 0. The molecule has 1 aromatic carbocycles. The van der Waals surface area contributed by atoms with Gasteiger partial charge in [-0.25, -0.2) is 0 Å². The number of carbonyl (C=O) groups is 8. The lowest BCUT2D eigenvalue weighted by atomic mass is 10.0. The number of hydrogen-bond donors (Lipinski definition) is 8. The van der Waals surface area contributed by atoms with Crippen molar-refractivity contribution in [1.29, 1.82) is 0 Å². The molecule has 2 fully saturated rings. The van der Waals surface area contributed by atoms with E-state index in [9.17, 15) is 48.6 Å². The second-order valence-electron chi connectivity index (χ2n) is 16.4. The Balaban J connectivity index is 2.14. The molecule has 2 saturated heterocycles. The van der Waals surface area contributed by atoms with Crippen molar-refractivity contribution in [1.82, 2.24) is 41.7 Å². The smallest absolute Gasteiger partial charge is 0.305 e. The molecule has 8 atom stereocenters. The van der Waals surface area contributed by atoms with Crippen LogP contribution < -0.4 is 31.9 Å². The van der Waals surface area contributed by atoms with Crippen LogP contribution in [0, 0.1) is 18.8 Å². The number of likely N-dealkylation sites (N-methyl/N-ethyl adjacent to an activating group) is 1. The Bertz CT molecular complexity index is 1650. The van der Waals surface area contributed by atoms with E-state index in [0.717, 1.165) is 16.0 Å².